The van der Waals surface area contributed by atoms with Gasteiger partial charge in [-0.05, 0) is 6.92 Å². The summed E-state index contributed by atoms with van der Waals surface area (Å²) in [6, 6.07) is 0. The average molecular weight is 366 g/mol. The van der Waals surface area contributed by atoms with Gasteiger partial charge in [-0.25, -0.2) is 14.8 Å². The first-order chi connectivity index (χ1) is 11.2. The maximum atomic E-state index is 12.5. The Hall–Kier alpha value is -2.03. The van der Waals surface area contributed by atoms with Gasteiger partial charge in [0.2, 0.25) is 0 Å². The molecule has 0 atom stereocenters. The maximum absolute atomic E-state index is 12.5. The molecular weight excluding hydrogens is 351 g/mol. The lowest BCUT2D eigenvalue weighted by Gasteiger charge is -2.11. The smallest absolute Gasteiger partial charge is 0.422 e. The lowest BCUT2D eigenvalue weighted by atomic mass is 10.3. The van der Waals surface area contributed by atoms with Crippen LogP contribution in [0.25, 0.3) is 11.0 Å². The Balaban J connectivity index is 2.69. The molecule has 6 nitrogen and oxygen atoms in total. The van der Waals surface area contributed by atoms with Gasteiger partial charge in [-0.3, -0.25) is 0 Å². The summed E-state index contributed by atoms with van der Waals surface area (Å²) in [5.41, 5.74) is 0.00707. The maximum Gasteiger partial charge on any atom is 0.422 e. The molecule has 0 aliphatic rings. The van der Waals surface area contributed by atoms with E-state index >= 15 is 0 Å². The van der Waals surface area contributed by atoms with E-state index in [1.807, 2.05) is 0 Å². The molecule has 0 aliphatic heterocycles. The quantitative estimate of drug-likeness (QED) is 0.601. The highest BCUT2D eigenvalue weighted by atomic mass is 35.5. The molecular formula is C14H15ClF3N3O3. The van der Waals surface area contributed by atoms with E-state index in [0.717, 1.165) is 0 Å². The molecule has 0 aliphatic carbocycles. The first kappa shape index (κ1) is 18.3. The number of nitrogens with zero attached hydrogens (tertiary/aromatic N) is 3. The second-order valence-corrected chi connectivity index (χ2v) is 5.20. The van der Waals surface area contributed by atoms with Gasteiger partial charge in [0.1, 0.15) is 16.6 Å². The Morgan fingerprint density at radius 3 is 2.50 bits per heavy atom. The minimum atomic E-state index is -4.58. The summed E-state index contributed by atoms with van der Waals surface area (Å²) in [6.07, 6.45) is -4.11. The summed E-state index contributed by atoms with van der Waals surface area (Å²) in [5, 5.41) is -0.0381. The summed E-state index contributed by atoms with van der Waals surface area (Å²) < 4.78 is 48.6. The van der Waals surface area contributed by atoms with Gasteiger partial charge in [-0.1, -0.05) is 18.5 Å². The number of rotatable bonds is 5. The third-order valence-corrected chi connectivity index (χ3v) is 3.43. The Kier molecular flexibility index (Phi) is 5.22. The van der Waals surface area contributed by atoms with Crippen LogP contribution in [0.1, 0.15) is 30.2 Å². The number of ether oxygens (including phenoxy) is 2. The van der Waals surface area contributed by atoms with E-state index in [0.29, 0.717) is 12.2 Å². The Morgan fingerprint density at radius 2 is 1.96 bits per heavy atom. The van der Waals surface area contributed by atoms with Crippen LogP contribution in [0.2, 0.25) is 5.15 Å². The van der Waals surface area contributed by atoms with E-state index in [9.17, 15) is 18.0 Å². The van der Waals surface area contributed by atoms with Crippen LogP contribution in [0.5, 0.6) is 5.75 Å². The minimum absolute atomic E-state index is 0.0451. The highest BCUT2D eigenvalue weighted by Gasteiger charge is 2.33. The van der Waals surface area contributed by atoms with E-state index in [1.54, 1.807) is 13.8 Å². The van der Waals surface area contributed by atoms with Crippen LogP contribution in [-0.4, -0.2) is 39.9 Å². The molecule has 2 aromatic rings. The summed E-state index contributed by atoms with van der Waals surface area (Å²) in [4.78, 5) is 20.4. The number of alkyl halides is 3. The van der Waals surface area contributed by atoms with E-state index in [-0.39, 0.29) is 34.2 Å². The molecule has 0 amide bonds. The van der Waals surface area contributed by atoms with Crippen molar-refractivity contribution in [2.75, 3.05) is 13.2 Å². The van der Waals surface area contributed by atoms with Crippen molar-refractivity contribution in [3.8, 4) is 5.75 Å². The highest BCUT2D eigenvalue weighted by molar-refractivity contribution is 6.35. The highest BCUT2D eigenvalue weighted by Crippen LogP contribution is 2.37. The zero-order valence-electron chi connectivity index (χ0n) is 13.2. The van der Waals surface area contributed by atoms with Crippen molar-refractivity contribution in [2.24, 2.45) is 7.05 Å². The fraction of sp³-hybridized carbons (Fsp3) is 0.500. The third kappa shape index (κ3) is 3.55. The molecule has 0 radical (unpaired) electrons. The predicted molar refractivity (Wildman–Crippen MR) is 80.4 cm³/mol. The average Bonchev–Trinajstić information content (AvgIpc) is 2.77. The van der Waals surface area contributed by atoms with Gasteiger partial charge in [-0.15, -0.1) is 0 Å². The van der Waals surface area contributed by atoms with E-state index in [1.165, 1.54) is 11.6 Å². The number of fused-ring (bicyclic) bond motifs is 1. The summed E-state index contributed by atoms with van der Waals surface area (Å²) >= 11 is 6.09. The minimum Gasteiger partial charge on any atom is -0.481 e. The van der Waals surface area contributed by atoms with Crippen LogP contribution in [-0.2, 0) is 18.2 Å². The topological polar surface area (TPSA) is 66.2 Å². The van der Waals surface area contributed by atoms with Gasteiger partial charge in [0, 0.05) is 13.5 Å². The van der Waals surface area contributed by atoms with Crippen LogP contribution < -0.4 is 4.74 Å². The van der Waals surface area contributed by atoms with Crippen LogP contribution in [0, 0.1) is 0 Å². The predicted octanol–water partition coefficient (Wildman–Crippen LogP) is 3.30. The largest absolute Gasteiger partial charge is 0.481 e. The van der Waals surface area contributed by atoms with Gasteiger partial charge in [-0.2, -0.15) is 13.2 Å². The molecule has 2 rings (SSSR count). The lowest BCUT2D eigenvalue weighted by molar-refractivity contribution is -0.153. The number of hydrogen-bond donors (Lipinski definition) is 0. The third-order valence-electron chi connectivity index (χ3n) is 3.15. The summed E-state index contributed by atoms with van der Waals surface area (Å²) in [6.45, 7) is 1.86. The van der Waals surface area contributed by atoms with Crippen molar-refractivity contribution in [3.63, 3.8) is 0 Å². The molecule has 0 saturated carbocycles. The van der Waals surface area contributed by atoms with Crippen LogP contribution >= 0.6 is 11.6 Å². The molecule has 0 unspecified atom stereocenters. The first-order valence-electron chi connectivity index (χ1n) is 7.11. The number of carbonyl (C=O) groups excluding carboxylic acids is 1. The van der Waals surface area contributed by atoms with Crippen molar-refractivity contribution in [2.45, 2.75) is 26.4 Å². The second kappa shape index (κ2) is 6.84. The van der Waals surface area contributed by atoms with Gasteiger partial charge in [0.15, 0.2) is 18.1 Å². The summed E-state index contributed by atoms with van der Waals surface area (Å²) in [5.74, 6) is -0.772. The second-order valence-electron chi connectivity index (χ2n) is 4.84. The fourth-order valence-corrected chi connectivity index (χ4v) is 2.43. The Bertz CT molecular complexity index is 774. The number of esters is 1. The molecule has 0 aromatic carbocycles. The van der Waals surface area contributed by atoms with Gasteiger partial charge in [0.05, 0.1) is 12.0 Å². The number of aromatic nitrogens is 3. The first-order valence-corrected chi connectivity index (χ1v) is 7.48. The molecule has 132 valence electrons. The Labute approximate surface area is 140 Å². The van der Waals surface area contributed by atoms with Crippen LogP contribution in [0.3, 0.4) is 0 Å². The lowest BCUT2D eigenvalue weighted by Crippen LogP contribution is -2.20. The van der Waals surface area contributed by atoms with Gasteiger partial charge < -0.3 is 14.0 Å². The molecule has 24 heavy (non-hydrogen) atoms. The molecule has 0 saturated heterocycles. The Morgan fingerprint density at radius 1 is 1.29 bits per heavy atom. The van der Waals surface area contributed by atoms with E-state index in [4.69, 9.17) is 21.1 Å². The SMILES string of the molecule is CCOC(=O)c1c(OCC(F)(F)F)c2c(Cl)nc(CC)nc2n1C. The molecule has 0 fully saturated rings. The molecule has 2 heterocycles. The molecule has 0 bridgehead atoms. The van der Waals surface area contributed by atoms with Crippen molar-refractivity contribution in [1.82, 2.24) is 14.5 Å². The van der Waals surface area contributed by atoms with E-state index in [2.05, 4.69) is 9.97 Å². The van der Waals surface area contributed by atoms with Gasteiger partial charge in [0.25, 0.3) is 0 Å². The normalized spacial score (nSPS) is 11.8. The molecule has 0 N–H and O–H groups in total. The molecule has 0 spiro atoms. The number of carbonyl (C=O) groups is 1. The molecule has 10 heteroatoms. The fourth-order valence-electron chi connectivity index (χ4n) is 2.16. The van der Waals surface area contributed by atoms with Crippen molar-refractivity contribution >= 4 is 28.6 Å². The zero-order valence-corrected chi connectivity index (χ0v) is 14.0. The molecule has 2 aromatic heterocycles. The number of aryl methyl sites for hydroxylation is 2. The van der Waals surface area contributed by atoms with Crippen molar-refractivity contribution in [3.05, 3.63) is 16.7 Å². The number of hydrogen-bond acceptors (Lipinski definition) is 5. The van der Waals surface area contributed by atoms with Crippen molar-refractivity contribution < 1.29 is 27.4 Å². The standard InChI is InChI=1S/C14H15ClF3N3O3/c1-4-7-19-11(15)8-10(24-6-14(16,17)18)9(13(22)23-5-2)21(3)12(8)20-7/h4-6H2,1-3H3. The zero-order chi connectivity index (χ0) is 18.1. The van der Waals surface area contributed by atoms with E-state index < -0.39 is 18.8 Å². The van der Waals surface area contributed by atoms with Crippen LogP contribution in [0.4, 0.5) is 13.2 Å². The van der Waals surface area contributed by atoms with Crippen molar-refractivity contribution in [1.29, 1.82) is 0 Å². The monoisotopic (exact) mass is 365 g/mol. The van der Waals surface area contributed by atoms with Gasteiger partial charge >= 0.3 is 12.1 Å². The summed E-state index contributed by atoms with van der Waals surface area (Å²) in [7, 11) is 1.47. The number of halogens is 4. The van der Waals surface area contributed by atoms with Crippen LogP contribution in [0.15, 0.2) is 0 Å².